The molecule has 1 heterocycles. The van der Waals surface area contributed by atoms with Gasteiger partial charge in [0, 0.05) is 12.1 Å². The van der Waals surface area contributed by atoms with Gasteiger partial charge in [0.25, 0.3) is 0 Å². The van der Waals surface area contributed by atoms with Crippen molar-refractivity contribution in [3.63, 3.8) is 0 Å². The Labute approximate surface area is 94.9 Å². The molecule has 16 heavy (non-hydrogen) atoms. The van der Waals surface area contributed by atoms with Gasteiger partial charge in [0.2, 0.25) is 0 Å². The summed E-state index contributed by atoms with van der Waals surface area (Å²) in [5.74, 6) is 0.622. The molecule has 0 bridgehead atoms. The Kier molecular flexibility index (Phi) is 2.17. The van der Waals surface area contributed by atoms with Gasteiger partial charge in [-0.1, -0.05) is 30.3 Å². The minimum atomic E-state index is 0.622. The van der Waals surface area contributed by atoms with Gasteiger partial charge in [-0.05, 0) is 18.4 Å². The van der Waals surface area contributed by atoms with Crippen LogP contribution in [0.25, 0.3) is 0 Å². The Hall–Kier alpha value is -1.77. The first kappa shape index (κ1) is 9.46. The molecule has 0 aliphatic heterocycles. The summed E-state index contributed by atoms with van der Waals surface area (Å²) >= 11 is 0. The molecule has 3 rings (SSSR count). The van der Waals surface area contributed by atoms with E-state index >= 15 is 0 Å². The minimum absolute atomic E-state index is 0.622. The molecule has 3 heteroatoms. The highest BCUT2D eigenvalue weighted by Gasteiger charge is 2.28. The van der Waals surface area contributed by atoms with Crippen molar-refractivity contribution >= 4 is 5.69 Å². The Bertz CT molecular complexity index is 483. The van der Waals surface area contributed by atoms with Crippen LogP contribution in [0.5, 0.6) is 0 Å². The van der Waals surface area contributed by atoms with Crippen LogP contribution in [0.4, 0.5) is 5.69 Å². The summed E-state index contributed by atoms with van der Waals surface area (Å²) in [4.78, 5) is 0. The number of nitrogen functional groups attached to an aromatic ring is 1. The fourth-order valence-corrected chi connectivity index (χ4v) is 1.98. The van der Waals surface area contributed by atoms with E-state index in [0.717, 1.165) is 17.9 Å². The molecule has 1 aromatic carbocycles. The van der Waals surface area contributed by atoms with Crippen LogP contribution in [0.3, 0.4) is 0 Å². The van der Waals surface area contributed by atoms with Gasteiger partial charge in [-0.15, -0.1) is 0 Å². The maximum atomic E-state index is 5.95. The van der Waals surface area contributed by atoms with Gasteiger partial charge in [-0.2, -0.15) is 5.10 Å². The molecule has 0 amide bonds. The first-order valence-corrected chi connectivity index (χ1v) is 5.69. The average Bonchev–Trinajstić information content (AvgIpc) is 3.06. The van der Waals surface area contributed by atoms with E-state index < -0.39 is 0 Å². The van der Waals surface area contributed by atoms with E-state index in [9.17, 15) is 0 Å². The zero-order chi connectivity index (χ0) is 11.0. The number of nitrogens with zero attached hydrogens (tertiary/aromatic N) is 2. The molecule has 0 radical (unpaired) electrons. The third-order valence-corrected chi connectivity index (χ3v) is 2.97. The lowest BCUT2D eigenvalue weighted by Crippen LogP contribution is -2.00. The normalized spacial score (nSPS) is 15.2. The van der Waals surface area contributed by atoms with Crippen molar-refractivity contribution in [1.82, 2.24) is 9.78 Å². The van der Waals surface area contributed by atoms with Crippen LogP contribution in [0.2, 0.25) is 0 Å². The van der Waals surface area contributed by atoms with Crippen LogP contribution in [0.1, 0.15) is 30.0 Å². The molecule has 1 fully saturated rings. The van der Waals surface area contributed by atoms with E-state index in [1.165, 1.54) is 18.4 Å². The third kappa shape index (κ3) is 1.81. The Morgan fingerprint density at radius 2 is 2.00 bits per heavy atom. The lowest BCUT2D eigenvalue weighted by atomic mass is 10.2. The maximum absolute atomic E-state index is 5.95. The zero-order valence-corrected chi connectivity index (χ0v) is 9.13. The second-order valence-electron chi connectivity index (χ2n) is 4.43. The number of benzene rings is 1. The molecule has 0 unspecified atom stereocenters. The summed E-state index contributed by atoms with van der Waals surface area (Å²) in [6, 6.07) is 10.3. The van der Waals surface area contributed by atoms with Gasteiger partial charge in [-0.3, -0.25) is 4.68 Å². The zero-order valence-electron chi connectivity index (χ0n) is 9.13. The smallest absolute Gasteiger partial charge is 0.0884 e. The topological polar surface area (TPSA) is 43.8 Å². The van der Waals surface area contributed by atoms with Gasteiger partial charge in [0.1, 0.15) is 0 Å². The summed E-state index contributed by atoms with van der Waals surface area (Å²) in [5.41, 5.74) is 9.15. The van der Waals surface area contributed by atoms with Gasteiger partial charge in [-0.25, -0.2) is 0 Å². The highest BCUT2D eigenvalue weighted by Crippen LogP contribution is 2.41. The number of anilines is 1. The molecule has 0 atom stereocenters. The number of hydrogen-bond acceptors (Lipinski definition) is 2. The molecule has 0 spiro atoms. The predicted molar refractivity (Wildman–Crippen MR) is 64.2 cm³/mol. The van der Waals surface area contributed by atoms with E-state index in [4.69, 9.17) is 5.73 Å². The molecule has 1 aromatic heterocycles. The quantitative estimate of drug-likeness (QED) is 0.850. The molecular formula is C13H15N3. The molecule has 82 valence electrons. The van der Waals surface area contributed by atoms with Gasteiger partial charge in [0.05, 0.1) is 17.9 Å². The average molecular weight is 213 g/mol. The highest BCUT2D eigenvalue weighted by atomic mass is 15.3. The van der Waals surface area contributed by atoms with E-state index in [0.29, 0.717) is 5.92 Å². The maximum Gasteiger partial charge on any atom is 0.0884 e. The van der Waals surface area contributed by atoms with Crippen molar-refractivity contribution in [2.75, 3.05) is 5.73 Å². The fraction of sp³-hybridized carbons (Fsp3) is 0.308. The minimum Gasteiger partial charge on any atom is -0.396 e. The van der Waals surface area contributed by atoms with E-state index in [2.05, 4.69) is 17.2 Å². The Balaban J connectivity index is 1.82. The molecule has 2 aromatic rings. The van der Waals surface area contributed by atoms with Gasteiger partial charge in [0.15, 0.2) is 0 Å². The second-order valence-corrected chi connectivity index (χ2v) is 4.43. The highest BCUT2D eigenvalue weighted by molar-refractivity contribution is 5.44. The molecular weight excluding hydrogens is 198 g/mol. The van der Waals surface area contributed by atoms with Crippen LogP contribution >= 0.6 is 0 Å². The van der Waals surface area contributed by atoms with Crippen LogP contribution in [-0.2, 0) is 6.54 Å². The number of rotatable bonds is 3. The van der Waals surface area contributed by atoms with Crippen LogP contribution in [0, 0.1) is 0 Å². The molecule has 1 aliphatic carbocycles. The van der Waals surface area contributed by atoms with Crippen LogP contribution in [0.15, 0.2) is 36.5 Å². The molecule has 1 aliphatic rings. The van der Waals surface area contributed by atoms with Crippen LogP contribution < -0.4 is 5.73 Å². The molecule has 3 nitrogen and oxygen atoms in total. The molecule has 1 saturated carbocycles. The van der Waals surface area contributed by atoms with E-state index in [1.807, 2.05) is 29.1 Å². The SMILES string of the molecule is Nc1cn(Cc2ccccc2)nc1C1CC1. The standard InChI is InChI=1S/C13H15N3/c14-12-9-16(15-13(12)11-6-7-11)8-10-4-2-1-3-5-10/h1-5,9,11H,6-8,14H2. The van der Waals surface area contributed by atoms with Gasteiger partial charge >= 0.3 is 0 Å². The molecule has 2 N–H and O–H groups in total. The first-order chi connectivity index (χ1) is 7.83. The summed E-state index contributed by atoms with van der Waals surface area (Å²) in [6.07, 6.45) is 4.43. The summed E-state index contributed by atoms with van der Waals surface area (Å²) in [5, 5.41) is 4.56. The fourth-order valence-electron chi connectivity index (χ4n) is 1.98. The van der Waals surface area contributed by atoms with Crippen molar-refractivity contribution < 1.29 is 0 Å². The Morgan fingerprint density at radius 3 is 2.69 bits per heavy atom. The predicted octanol–water partition coefficient (Wildman–Crippen LogP) is 2.39. The van der Waals surface area contributed by atoms with Crippen molar-refractivity contribution in [3.05, 3.63) is 47.8 Å². The lowest BCUT2D eigenvalue weighted by Gasteiger charge is -2.00. The largest absolute Gasteiger partial charge is 0.396 e. The van der Waals surface area contributed by atoms with Crippen LogP contribution in [-0.4, -0.2) is 9.78 Å². The number of hydrogen-bond donors (Lipinski definition) is 1. The summed E-state index contributed by atoms with van der Waals surface area (Å²) in [6.45, 7) is 0.803. The first-order valence-electron chi connectivity index (χ1n) is 5.69. The second kappa shape index (κ2) is 3.67. The monoisotopic (exact) mass is 213 g/mol. The summed E-state index contributed by atoms with van der Waals surface area (Å²) < 4.78 is 1.94. The molecule has 0 saturated heterocycles. The third-order valence-electron chi connectivity index (χ3n) is 2.97. The van der Waals surface area contributed by atoms with E-state index in [-0.39, 0.29) is 0 Å². The van der Waals surface area contributed by atoms with E-state index in [1.54, 1.807) is 0 Å². The van der Waals surface area contributed by atoms with Crippen molar-refractivity contribution in [3.8, 4) is 0 Å². The summed E-state index contributed by atoms with van der Waals surface area (Å²) in [7, 11) is 0. The number of aromatic nitrogens is 2. The lowest BCUT2D eigenvalue weighted by molar-refractivity contribution is 0.672. The van der Waals surface area contributed by atoms with Crippen molar-refractivity contribution in [2.24, 2.45) is 0 Å². The van der Waals surface area contributed by atoms with Crippen molar-refractivity contribution in [1.29, 1.82) is 0 Å². The number of nitrogens with two attached hydrogens (primary N) is 1. The van der Waals surface area contributed by atoms with Crippen molar-refractivity contribution in [2.45, 2.75) is 25.3 Å². The Morgan fingerprint density at radius 1 is 1.25 bits per heavy atom. The van der Waals surface area contributed by atoms with Gasteiger partial charge < -0.3 is 5.73 Å².